The van der Waals surface area contributed by atoms with Crippen LogP contribution in [-0.2, 0) is 17.9 Å². The van der Waals surface area contributed by atoms with Gasteiger partial charge in [-0.2, -0.15) is 4.98 Å². The maximum atomic E-state index is 12.6. The Hall–Kier alpha value is -2.99. The number of carbonyl (C=O) groups excluding carboxylic acids is 1. The van der Waals surface area contributed by atoms with E-state index in [1.807, 2.05) is 31.2 Å². The van der Waals surface area contributed by atoms with E-state index in [1.165, 1.54) is 11.1 Å². The first-order valence-electron chi connectivity index (χ1n) is 10.5. The summed E-state index contributed by atoms with van der Waals surface area (Å²) in [6, 6.07) is 16.4. The predicted molar refractivity (Wildman–Crippen MR) is 115 cm³/mol. The minimum atomic E-state index is 0.0392. The van der Waals surface area contributed by atoms with Gasteiger partial charge in [0, 0.05) is 18.0 Å². The van der Waals surface area contributed by atoms with Crippen molar-refractivity contribution in [3.05, 3.63) is 71.1 Å². The van der Waals surface area contributed by atoms with Gasteiger partial charge in [-0.3, -0.25) is 9.69 Å². The average Bonchev–Trinajstić information content (AvgIpc) is 3.23. The zero-order chi connectivity index (χ0) is 20.9. The maximum absolute atomic E-state index is 12.6. The summed E-state index contributed by atoms with van der Waals surface area (Å²) in [5.74, 6) is 1.09. The molecule has 1 saturated heterocycles. The molecule has 6 nitrogen and oxygen atoms in total. The van der Waals surface area contributed by atoms with Gasteiger partial charge in [0.05, 0.1) is 6.54 Å². The normalized spacial score (nSPS) is 15.3. The van der Waals surface area contributed by atoms with Gasteiger partial charge in [-0.25, -0.2) is 0 Å². The van der Waals surface area contributed by atoms with E-state index >= 15 is 0 Å². The Morgan fingerprint density at radius 3 is 2.70 bits per heavy atom. The molecule has 1 amide bonds. The van der Waals surface area contributed by atoms with Gasteiger partial charge in [-0.05, 0) is 57.0 Å². The number of aryl methyl sites for hydroxylation is 2. The van der Waals surface area contributed by atoms with E-state index in [1.54, 1.807) is 0 Å². The standard InChI is InChI=1S/C24H28N4O2/c1-17-6-5-9-20(14-17)23-26-22(30-27-23)15-25-24(29)19-10-12-28(13-11-19)16-21-8-4-3-7-18(21)2/h3-9,14,19H,10-13,15-16H2,1-2H3,(H,25,29). The highest BCUT2D eigenvalue weighted by molar-refractivity contribution is 5.78. The summed E-state index contributed by atoms with van der Waals surface area (Å²) in [6.07, 6.45) is 1.74. The molecular formula is C24H28N4O2. The van der Waals surface area contributed by atoms with Crippen molar-refractivity contribution in [1.29, 1.82) is 0 Å². The van der Waals surface area contributed by atoms with Crippen LogP contribution in [0.4, 0.5) is 0 Å². The van der Waals surface area contributed by atoms with Crippen LogP contribution in [0.25, 0.3) is 11.4 Å². The van der Waals surface area contributed by atoms with Crippen LogP contribution in [0.3, 0.4) is 0 Å². The highest BCUT2D eigenvalue weighted by Crippen LogP contribution is 2.21. The van der Waals surface area contributed by atoms with Crippen LogP contribution in [0, 0.1) is 19.8 Å². The third-order valence-corrected chi connectivity index (χ3v) is 5.77. The topological polar surface area (TPSA) is 71.3 Å². The molecule has 1 aromatic heterocycles. The van der Waals surface area contributed by atoms with Crippen molar-refractivity contribution in [2.24, 2.45) is 5.92 Å². The second-order valence-electron chi connectivity index (χ2n) is 8.08. The number of carbonyl (C=O) groups is 1. The van der Waals surface area contributed by atoms with E-state index in [0.717, 1.165) is 43.6 Å². The lowest BCUT2D eigenvalue weighted by atomic mass is 9.95. The van der Waals surface area contributed by atoms with E-state index < -0.39 is 0 Å². The zero-order valence-corrected chi connectivity index (χ0v) is 17.6. The second kappa shape index (κ2) is 9.22. The third kappa shape index (κ3) is 4.94. The lowest BCUT2D eigenvalue weighted by molar-refractivity contribution is -0.126. The monoisotopic (exact) mass is 404 g/mol. The smallest absolute Gasteiger partial charge is 0.246 e. The summed E-state index contributed by atoms with van der Waals surface area (Å²) in [6.45, 7) is 7.26. The number of rotatable bonds is 6. The maximum Gasteiger partial charge on any atom is 0.246 e. The zero-order valence-electron chi connectivity index (χ0n) is 17.6. The van der Waals surface area contributed by atoms with Crippen molar-refractivity contribution in [2.75, 3.05) is 13.1 Å². The molecule has 0 bridgehead atoms. The van der Waals surface area contributed by atoms with Crippen molar-refractivity contribution in [1.82, 2.24) is 20.4 Å². The quantitative estimate of drug-likeness (QED) is 0.675. The van der Waals surface area contributed by atoms with E-state index in [4.69, 9.17) is 4.52 Å². The molecule has 1 aliphatic heterocycles. The second-order valence-corrected chi connectivity index (χ2v) is 8.08. The van der Waals surface area contributed by atoms with Crippen LogP contribution in [0.15, 0.2) is 53.1 Å². The van der Waals surface area contributed by atoms with E-state index in [-0.39, 0.29) is 18.4 Å². The molecule has 2 heterocycles. The van der Waals surface area contributed by atoms with Gasteiger partial charge in [0.2, 0.25) is 17.6 Å². The summed E-state index contributed by atoms with van der Waals surface area (Å²) in [5.41, 5.74) is 4.74. The lowest BCUT2D eigenvalue weighted by Gasteiger charge is -2.31. The fourth-order valence-electron chi connectivity index (χ4n) is 3.92. The van der Waals surface area contributed by atoms with Crippen LogP contribution >= 0.6 is 0 Å². The molecular weight excluding hydrogens is 376 g/mol. The van der Waals surface area contributed by atoms with E-state index in [0.29, 0.717) is 11.7 Å². The number of nitrogens with one attached hydrogen (secondary N) is 1. The minimum absolute atomic E-state index is 0.0392. The Kier molecular flexibility index (Phi) is 6.23. The molecule has 2 aromatic carbocycles. The van der Waals surface area contributed by atoms with Gasteiger partial charge in [-0.15, -0.1) is 0 Å². The number of hydrogen-bond donors (Lipinski definition) is 1. The molecule has 0 unspecified atom stereocenters. The first-order chi connectivity index (χ1) is 14.6. The third-order valence-electron chi connectivity index (χ3n) is 5.77. The Bertz CT molecular complexity index is 1010. The number of aromatic nitrogens is 2. The number of benzene rings is 2. The van der Waals surface area contributed by atoms with Crippen LogP contribution < -0.4 is 5.32 Å². The number of nitrogens with zero attached hydrogens (tertiary/aromatic N) is 3. The summed E-state index contributed by atoms with van der Waals surface area (Å²) in [5, 5.41) is 7.00. The number of amides is 1. The van der Waals surface area contributed by atoms with Gasteiger partial charge < -0.3 is 9.84 Å². The summed E-state index contributed by atoms with van der Waals surface area (Å²) >= 11 is 0. The van der Waals surface area contributed by atoms with E-state index in [9.17, 15) is 4.79 Å². The fourth-order valence-corrected chi connectivity index (χ4v) is 3.92. The molecule has 0 atom stereocenters. The SMILES string of the molecule is Cc1cccc(-c2noc(CNC(=O)C3CCN(Cc4ccccc4C)CC3)n2)c1. The molecule has 4 rings (SSSR count). The molecule has 30 heavy (non-hydrogen) atoms. The molecule has 0 radical (unpaired) electrons. The first-order valence-corrected chi connectivity index (χ1v) is 10.5. The van der Waals surface area contributed by atoms with Crippen LogP contribution in [0.5, 0.6) is 0 Å². The molecule has 3 aromatic rings. The number of hydrogen-bond acceptors (Lipinski definition) is 5. The van der Waals surface area contributed by atoms with Crippen LogP contribution in [0.1, 0.15) is 35.4 Å². The highest BCUT2D eigenvalue weighted by atomic mass is 16.5. The Balaban J connectivity index is 1.25. The summed E-state index contributed by atoms with van der Waals surface area (Å²) in [4.78, 5) is 19.4. The lowest BCUT2D eigenvalue weighted by Crippen LogP contribution is -2.40. The van der Waals surface area contributed by atoms with Gasteiger partial charge in [0.1, 0.15) is 0 Å². The Morgan fingerprint density at radius 2 is 1.93 bits per heavy atom. The molecule has 0 aliphatic carbocycles. The summed E-state index contributed by atoms with van der Waals surface area (Å²) < 4.78 is 5.31. The number of likely N-dealkylation sites (tertiary alicyclic amines) is 1. The molecule has 6 heteroatoms. The minimum Gasteiger partial charge on any atom is -0.347 e. The molecule has 156 valence electrons. The Labute approximate surface area is 177 Å². The fraction of sp³-hybridized carbons (Fsp3) is 0.375. The van der Waals surface area contributed by atoms with Gasteiger partial charge in [-0.1, -0.05) is 53.2 Å². The van der Waals surface area contributed by atoms with Crippen molar-refractivity contribution in [2.45, 2.75) is 39.8 Å². The Morgan fingerprint density at radius 1 is 1.13 bits per heavy atom. The predicted octanol–water partition coefficient (Wildman–Crippen LogP) is 3.88. The summed E-state index contributed by atoms with van der Waals surface area (Å²) in [7, 11) is 0. The molecule has 1 aliphatic rings. The average molecular weight is 405 g/mol. The van der Waals surface area contributed by atoms with Gasteiger partial charge >= 0.3 is 0 Å². The van der Waals surface area contributed by atoms with E-state index in [2.05, 4.69) is 51.5 Å². The molecule has 0 spiro atoms. The molecule has 0 saturated carbocycles. The van der Waals surface area contributed by atoms with Crippen molar-refractivity contribution >= 4 is 5.91 Å². The van der Waals surface area contributed by atoms with Gasteiger partial charge in [0.25, 0.3) is 0 Å². The van der Waals surface area contributed by atoms with Crippen molar-refractivity contribution < 1.29 is 9.32 Å². The molecule has 1 fully saturated rings. The molecule has 1 N–H and O–H groups in total. The van der Waals surface area contributed by atoms with Crippen LogP contribution in [0.2, 0.25) is 0 Å². The largest absolute Gasteiger partial charge is 0.347 e. The number of piperidine rings is 1. The first kappa shape index (κ1) is 20.3. The van der Waals surface area contributed by atoms with Crippen molar-refractivity contribution in [3.63, 3.8) is 0 Å². The van der Waals surface area contributed by atoms with Gasteiger partial charge in [0.15, 0.2) is 0 Å². The van der Waals surface area contributed by atoms with Crippen LogP contribution in [-0.4, -0.2) is 34.0 Å². The highest BCUT2D eigenvalue weighted by Gasteiger charge is 2.25. The van der Waals surface area contributed by atoms with Crippen molar-refractivity contribution in [3.8, 4) is 11.4 Å².